The van der Waals surface area contributed by atoms with Gasteiger partial charge in [0.15, 0.2) is 0 Å². The predicted molar refractivity (Wildman–Crippen MR) is 93.2 cm³/mol. The van der Waals surface area contributed by atoms with E-state index in [-0.39, 0.29) is 23.5 Å². The summed E-state index contributed by atoms with van der Waals surface area (Å²) in [6, 6.07) is 11.8. The molecule has 6 nitrogen and oxygen atoms in total. The molecule has 7 heteroatoms. The van der Waals surface area contributed by atoms with E-state index in [0.717, 1.165) is 18.4 Å². The molecule has 1 saturated heterocycles. The van der Waals surface area contributed by atoms with Crippen molar-refractivity contribution in [1.82, 2.24) is 4.90 Å². The fourth-order valence-corrected chi connectivity index (χ4v) is 3.01. The molecule has 1 fully saturated rings. The molecule has 0 spiro atoms. The Morgan fingerprint density at radius 3 is 2.73 bits per heavy atom. The topological polar surface area (TPSA) is 72.7 Å². The molecule has 0 N–H and O–H groups in total. The van der Waals surface area contributed by atoms with E-state index in [1.807, 2.05) is 0 Å². The molecule has 2 aromatic carbocycles. The Kier molecular flexibility index (Phi) is 5.58. The van der Waals surface area contributed by atoms with Gasteiger partial charge in [-0.1, -0.05) is 12.1 Å². The molecule has 2 aromatic rings. The van der Waals surface area contributed by atoms with Crippen molar-refractivity contribution < 1.29 is 18.8 Å². The first-order chi connectivity index (χ1) is 12.5. The number of benzene rings is 2. The number of hydrogen-bond acceptors (Lipinski definition) is 4. The van der Waals surface area contributed by atoms with Crippen LogP contribution in [0, 0.1) is 15.9 Å². The van der Waals surface area contributed by atoms with E-state index < -0.39 is 4.92 Å². The average Bonchev–Trinajstić information content (AvgIpc) is 2.66. The predicted octanol–water partition coefficient (Wildman–Crippen LogP) is 3.56. The SMILES string of the molecule is O=C(c1ccc([N+](=O)[O-])cc1)N1CCCC(OCc2cccc(F)c2)C1. The number of non-ortho nitro benzene ring substituents is 1. The van der Waals surface area contributed by atoms with Gasteiger partial charge in [-0.25, -0.2) is 4.39 Å². The molecule has 26 heavy (non-hydrogen) atoms. The fourth-order valence-electron chi connectivity index (χ4n) is 3.01. The van der Waals surface area contributed by atoms with Crippen LogP contribution in [-0.4, -0.2) is 34.9 Å². The number of halogens is 1. The van der Waals surface area contributed by atoms with Gasteiger partial charge in [-0.3, -0.25) is 14.9 Å². The van der Waals surface area contributed by atoms with Crippen LogP contribution < -0.4 is 0 Å². The molecule has 1 amide bonds. The van der Waals surface area contributed by atoms with E-state index in [9.17, 15) is 19.3 Å². The second-order valence-electron chi connectivity index (χ2n) is 6.26. The largest absolute Gasteiger partial charge is 0.372 e. The van der Waals surface area contributed by atoms with Gasteiger partial charge in [-0.05, 0) is 42.7 Å². The Labute approximate surface area is 150 Å². The number of hydrogen-bond donors (Lipinski definition) is 0. The zero-order chi connectivity index (χ0) is 18.5. The average molecular weight is 358 g/mol. The van der Waals surface area contributed by atoms with Crippen LogP contribution in [0.3, 0.4) is 0 Å². The van der Waals surface area contributed by atoms with E-state index in [4.69, 9.17) is 4.74 Å². The Bertz CT molecular complexity index is 794. The smallest absolute Gasteiger partial charge is 0.269 e. The van der Waals surface area contributed by atoms with Crippen molar-refractivity contribution in [2.75, 3.05) is 13.1 Å². The van der Waals surface area contributed by atoms with Gasteiger partial charge in [0.1, 0.15) is 5.82 Å². The van der Waals surface area contributed by atoms with E-state index in [2.05, 4.69) is 0 Å². The maximum absolute atomic E-state index is 13.2. The number of ether oxygens (including phenoxy) is 1. The van der Waals surface area contributed by atoms with Crippen LogP contribution >= 0.6 is 0 Å². The summed E-state index contributed by atoms with van der Waals surface area (Å²) in [7, 11) is 0. The van der Waals surface area contributed by atoms with Crippen LogP contribution in [-0.2, 0) is 11.3 Å². The maximum Gasteiger partial charge on any atom is 0.269 e. The quantitative estimate of drug-likeness (QED) is 0.605. The lowest BCUT2D eigenvalue weighted by atomic mass is 10.1. The Morgan fingerprint density at radius 2 is 2.04 bits per heavy atom. The molecule has 0 saturated carbocycles. The highest BCUT2D eigenvalue weighted by atomic mass is 19.1. The molecule has 1 unspecified atom stereocenters. The minimum atomic E-state index is -0.495. The Balaban J connectivity index is 1.58. The summed E-state index contributed by atoms with van der Waals surface area (Å²) in [6.07, 6.45) is 1.53. The van der Waals surface area contributed by atoms with Crippen LogP contribution in [0.15, 0.2) is 48.5 Å². The number of nitro benzene ring substituents is 1. The van der Waals surface area contributed by atoms with Gasteiger partial charge in [0.2, 0.25) is 0 Å². The van der Waals surface area contributed by atoms with Crippen LogP contribution in [0.1, 0.15) is 28.8 Å². The number of nitro groups is 1. The van der Waals surface area contributed by atoms with Gasteiger partial charge >= 0.3 is 0 Å². The van der Waals surface area contributed by atoms with Crippen molar-refractivity contribution in [3.63, 3.8) is 0 Å². The highest BCUT2D eigenvalue weighted by Gasteiger charge is 2.25. The molecule has 1 aliphatic rings. The van der Waals surface area contributed by atoms with Crippen molar-refractivity contribution >= 4 is 11.6 Å². The summed E-state index contributed by atoms with van der Waals surface area (Å²) < 4.78 is 19.1. The third-order valence-electron chi connectivity index (χ3n) is 4.37. The van der Waals surface area contributed by atoms with E-state index in [0.29, 0.717) is 25.3 Å². The third-order valence-corrected chi connectivity index (χ3v) is 4.37. The molecule has 1 heterocycles. The molecule has 1 aliphatic heterocycles. The van der Waals surface area contributed by atoms with E-state index in [1.54, 1.807) is 17.0 Å². The Morgan fingerprint density at radius 1 is 1.27 bits per heavy atom. The second kappa shape index (κ2) is 8.05. The van der Waals surface area contributed by atoms with Gasteiger partial charge in [0.25, 0.3) is 11.6 Å². The number of carbonyl (C=O) groups is 1. The number of rotatable bonds is 5. The van der Waals surface area contributed by atoms with Gasteiger partial charge < -0.3 is 9.64 Å². The Hall–Kier alpha value is -2.80. The van der Waals surface area contributed by atoms with E-state index in [1.165, 1.54) is 36.4 Å². The summed E-state index contributed by atoms with van der Waals surface area (Å²) >= 11 is 0. The van der Waals surface area contributed by atoms with Gasteiger partial charge in [-0.2, -0.15) is 0 Å². The standard InChI is InChI=1S/C19H19FN2O4/c20-16-4-1-3-14(11-16)13-26-18-5-2-10-21(12-18)19(23)15-6-8-17(9-7-15)22(24)25/h1,3-4,6-9,11,18H,2,5,10,12-13H2. The number of carbonyl (C=O) groups excluding carboxylic acids is 1. The van der Waals surface area contributed by atoms with Crippen molar-refractivity contribution in [3.05, 3.63) is 75.6 Å². The zero-order valence-corrected chi connectivity index (χ0v) is 14.1. The molecule has 0 aromatic heterocycles. The number of likely N-dealkylation sites (tertiary alicyclic amines) is 1. The lowest BCUT2D eigenvalue weighted by Crippen LogP contribution is -2.43. The first kappa shape index (κ1) is 18.0. The molecule has 1 atom stereocenters. The number of nitrogens with zero attached hydrogens (tertiary/aromatic N) is 2. The molecule has 3 rings (SSSR count). The van der Waals surface area contributed by atoms with Crippen LogP contribution in [0.5, 0.6) is 0 Å². The fraction of sp³-hybridized carbons (Fsp3) is 0.316. The lowest BCUT2D eigenvalue weighted by Gasteiger charge is -2.32. The van der Waals surface area contributed by atoms with Crippen molar-refractivity contribution in [1.29, 1.82) is 0 Å². The summed E-state index contributed by atoms with van der Waals surface area (Å²) in [5.74, 6) is -0.469. The molecule has 0 bridgehead atoms. The highest BCUT2D eigenvalue weighted by Crippen LogP contribution is 2.19. The second-order valence-corrected chi connectivity index (χ2v) is 6.26. The molecule has 0 aliphatic carbocycles. The van der Waals surface area contributed by atoms with Crippen molar-refractivity contribution in [2.45, 2.75) is 25.6 Å². The highest BCUT2D eigenvalue weighted by molar-refractivity contribution is 5.94. The molecule has 136 valence electrons. The van der Waals surface area contributed by atoms with Crippen LogP contribution in [0.4, 0.5) is 10.1 Å². The van der Waals surface area contributed by atoms with Crippen molar-refractivity contribution in [2.24, 2.45) is 0 Å². The lowest BCUT2D eigenvalue weighted by molar-refractivity contribution is -0.384. The maximum atomic E-state index is 13.2. The number of piperidine rings is 1. The number of amides is 1. The minimum absolute atomic E-state index is 0.0449. The van der Waals surface area contributed by atoms with Crippen LogP contribution in [0.2, 0.25) is 0 Å². The van der Waals surface area contributed by atoms with Gasteiger partial charge in [-0.15, -0.1) is 0 Å². The molecule has 0 radical (unpaired) electrons. The zero-order valence-electron chi connectivity index (χ0n) is 14.1. The monoisotopic (exact) mass is 358 g/mol. The summed E-state index contributed by atoms with van der Waals surface area (Å²) in [5.41, 5.74) is 1.13. The normalized spacial score (nSPS) is 17.1. The van der Waals surface area contributed by atoms with Crippen LogP contribution in [0.25, 0.3) is 0 Å². The van der Waals surface area contributed by atoms with Gasteiger partial charge in [0, 0.05) is 30.8 Å². The summed E-state index contributed by atoms with van der Waals surface area (Å²) in [6.45, 7) is 1.36. The van der Waals surface area contributed by atoms with Crippen molar-refractivity contribution in [3.8, 4) is 0 Å². The van der Waals surface area contributed by atoms with Gasteiger partial charge in [0.05, 0.1) is 17.6 Å². The molecular formula is C19H19FN2O4. The third kappa shape index (κ3) is 4.43. The minimum Gasteiger partial charge on any atom is -0.372 e. The summed E-state index contributed by atoms with van der Waals surface area (Å²) in [4.78, 5) is 24.5. The first-order valence-electron chi connectivity index (χ1n) is 8.43. The summed E-state index contributed by atoms with van der Waals surface area (Å²) in [5, 5.41) is 10.7. The first-order valence-corrected chi connectivity index (χ1v) is 8.43. The van der Waals surface area contributed by atoms with E-state index >= 15 is 0 Å². The molecular weight excluding hydrogens is 339 g/mol.